The lowest BCUT2D eigenvalue weighted by atomic mass is 9.99. The van der Waals surface area contributed by atoms with Gasteiger partial charge in [0.15, 0.2) is 0 Å². The summed E-state index contributed by atoms with van der Waals surface area (Å²) in [7, 11) is 0. The highest BCUT2D eigenvalue weighted by Gasteiger charge is 2.24. The van der Waals surface area contributed by atoms with E-state index < -0.39 is 0 Å². The van der Waals surface area contributed by atoms with Crippen molar-refractivity contribution in [3.63, 3.8) is 0 Å². The molecule has 1 aromatic carbocycles. The lowest BCUT2D eigenvalue weighted by Gasteiger charge is -2.37. The molecule has 0 spiro atoms. The summed E-state index contributed by atoms with van der Waals surface area (Å²) in [5.41, 5.74) is 2.77. The number of rotatable bonds is 5. The lowest BCUT2D eigenvalue weighted by Crippen LogP contribution is -2.51. The second-order valence-electron chi connectivity index (χ2n) is 8.51. The first-order chi connectivity index (χ1) is 12.5. The fraction of sp³-hybridized carbons (Fsp3) is 0.682. The van der Waals surface area contributed by atoms with Crippen LogP contribution < -0.4 is 0 Å². The van der Waals surface area contributed by atoms with Gasteiger partial charge >= 0.3 is 0 Å². The van der Waals surface area contributed by atoms with Gasteiger partial charge < -0.3 is 4.90 Å². The summed E-state index contributed by atoms with van der Waals surface area (Å²) >= 11 is 0. The molecular weight excluding hydrogens is 322 g/mol. The third-order valence-electron chi connectivity index (χ3n) is 6.01. The van der Waals surface area contributed by atoms with Crippen LogP contribution in [-0.4, -0.2) is 66.4 Å². The summed E-state index contributed by atoms with van der Waals surface area (Å²) in [6.07, 6.45) is 2.47. The standard InChI is InChI=1S/C22H35N3O/c1-18(2)21-6-4-20(5-7-21)16-24-12-14-25(15-13-24)22(26)17-23-10-8-19(3)9-11-23/h4-7,18-19H,8-17H2,1-3H3. The Balaban J connectivity index is 1.41. The van der Waals surface area contributed by atoms with Crippen molar-refractivity contribution in [1.82, 2.24) is 14.7 Å². The van der Waals surface area contributed by atoms with Gasteiger partial charge in [-0.15, -0.1) is 0 Å². The minimum absolute atomic E-state index is 0.320. The topological polar surface area (TPSA) is 26.8 Å². The third-order valence-corrected chi connectivity index (χ3v) is 6.01. The summed E-state index contributed by atoms with van der Waals surface area (Å²) in [5, 5.41) is 0. The van der Waals surface area contributed by atoms with Gasteiger partial charge in [0, 0.05) is 32.7 Å². The molecule has 2 heterocycles. The first-order valence-electron chi connectivity index (χ1n) is 10.3. The Hall–Kier alpha value is -1.39. The van der Waals surface area contributed by atoms with E-state index in [0.29, 0.717) is 18.4 Å². The van der Waals surface area contributed by atoms with Crippen molar-refractivity contribution < 1.29 is 4.79 Å². The van der Waals surface area contributed by atoms with E-state index in [-0.39, 0.29) is 0 Å². The fourth-order valence-electron chi connectivity index (χ4n) is 3.93. The largest absolute Gasteiger partial charge is 0.339 e. The van der Waals surface area contributed by atoms with Crippen molar-refractivity contribution >= 4 is 5.91 Å². The number of hydrogen-bond donors (Lipinski definition) is 0. The third kappa shape index (κ3) is 5.31. The molecule has 4 nitrogen and oxygen atoms in total. The number of amides is 1. The van der Waals surface area contributed by atoms with Gasteiger partial charge in [-0.3, -0.25) is 14.6 Å². The highest BCUT2D eigenvalue weighted by atomic mass is 16.2. The molecular formula is C22H35N3O. The Morgan fingerprint density at radius 2 is 1.58 bits per heavy atom. The molecule has 0 unspecified atom stereocenters. The Morgan fingerprint density at radius 1 is 0.962 bits per heavy atom. The van der Waals surface area contributed by atoms with E-state index in [2.05, 4.69) is 59.7 Å². The highest BCUT2D eigenvalue weighted by Crippen LogP contribution is 2.17. The van der Waals surface area contributed by atoms with Crippen LogP contribution in [0.1, 0.15) is 50.7 Å². The SMILES string of the molecule is CC1CCN(CC(=O)N2CCN(Cc3ccc(C(C)C)cc3)CC2)CC1. The van der Waals surface area contributed by atoms with Crippen LogP contribution in [0.5, 0.6) is 0 Å². The summed E-state index contributed by atoms with van der Waals surface area (Å²) < 4.78 is 0. The molecule has 1 amide bonds. The van der Waals surface area contributed by atoms with Crippen LogP contribution in [0.3, 0.4) is 0 Å². The van der Waals surface area contributed by atoms with Gasteiger partial charge in [-0.2, -0.15) is 0 Å². The number of piperazine rings is 1. The molecule has 4 heteroatoms. The molecule has 0 saturated carbocycles. The molecule has 1 aromatic rings. The lowest BCUT2D eigenvalue weighted by molar-refractivity contribution is -0.134. The molecule has 0 N–H and O–H groups in total. The van der Waals surface area contributed by atoms with E-state index in [9.17, 15) is 4.79 Å². The van der Waals surface area contributed by atoms with Gasteiger partial charge in [0.05, 0.1) is 6.54 Å². The van der Waals surface area contributed by atoms with Crippen LogP contribution in [0.15, 0.2) is 24.3 Å². The maximum Gasteiger partial charge on any atom is 0.236 e. The molecule has 2 saturated heterocycles. The van der Waals surface area contributed by atoms with Crippen LogP contribution in [0.4, 0.5) is 0 Å². The number of nitrogens with zero attached hydrogens (tertiary/aromatic N) is 3. The van der Waals surface area contributed by atoms with E-state index in [0.717, 1.165) is 51.7 Å². The normalized spacial score (nSPS) is 20.7. The molecule has 0 radical (unpaired) electrons. The average molecular weight is 358 g/mol. The summed E-state index contributed by atoms with van der Waals surface area (Å²) in [6, 6.07) is 9.01. The zero-order chi connectivity index (χ0) is 18.5. The van der Waals surface area contributed by atoms with Crippen LogP contribution >= 0.6 is 0 Å². The Labute approximate surface area is 159 Å². The maximum atomic E-state index is 12.6. The van der Waals surface area contributed by atoms with Gasteiger partial charge in [-0.1, -0.05) is 45.0 Å². The molecule has 0 aliphatic carbocycles. The van der Waals surface area contributed by atoms with E-state index >= 15 is 0 Å². The zero-order valence-electron chi connectivity index (χ0n) is 16.8. The number of likely N-dealkylation sites (tertiary alicyclic amines) is 1. The number of carbonyl (C=O) groups is 1. The fourth-order valence-corrected chi connectivity index (χ4v) is 3.93. The van der Waals surface area contributed by atoms with Gasteiger partial charge in [0.2, 0.25) is 5.91 Å². The van der Waals surface area contributed by atoms with Gasteiger partial charge in [-0.05, 0) is 48.9 Å². The van der Waals surface area contributed by atoms with Crippen molar-refractivity contribution in [2.75, 3.05) is 45.8 Å². The van der Waals surface area contributed by atoms with Crippen molar-refractivity contribution in [2.45, 2.75) is 46.1 Å². The molecule has 0 bridgehead atoms. The Kier molecular flexibility index (Phi) is 6.71. The number of piperidine rings is 1. The number of benzene rings is 1. The molecule has 2 aliphatic rings. The second kappa shape index (κ2) is 9.01. The minimum atomic E-state index is 0.320. The van der Waals surface area contributed by atoms with Crippen molar-refractivity contribution in [1.29, 1.82) is 0 Å². The molecule has 2 aliphatic heterocycles. The number of hydrogen-bond acceptors (Lipinski definition) is 3. The van der Waals surface area contributed by atoms with Gasteiger partial charge in [0.25, 0.3) is 0 Å². The summed E-state index contributed by atoms with van der Waals surface area (Å²) in [6.45, 7) is 14.2. The quantitative estimate of drug-likeness (QED) is 0.810. The maximum absolute atomic E-state index is 12.6. The number of carbonyl (C=O) groups excluding carboxylic acids is 1. The smallest absolute Gasteiger partial charge is 0.236 e. The molecule has 3 rings (SSSR count). The molecule has 26 heavy (non-hydrogen) atoms. The van der Waals surface area contributed by atoms with E-state index in [1.54, 1.807) is 0 Å². The van der Waals surface area contributed by atoms with Crippen LogP contribution in [0, 0.1) is 5.92 Å². The van der Waals surface area contributed by atoms with Crippen LogP contribution in [-0.2, 0) is 11.3 Å². The van der Waals surface area contributed by atoms with E-state index in [1.807, 2.05) is 0 Å². The molecule has 144 valence electrons. The molecule has 0 atom stereocenters. The zero-order valence-corrected chi connectivity index (χ0v) is 16.8. The van der Waals surface area contributed by atoms with E-state index in [1.165, 1.54) is 24.0 Å². The predicted molar refractivity (Wildman–Crippen MR) is 107 cm³/mol. The average Bonchev–Trinajstić information content (AvgIpc) is 2.64. The van der Waals surface area contributed by atoms with E-state index in [4.69, 9.17) is 0 Å². The van der Waals surface area contributed by atoms with Gasteiger partial charge in [-0.25, -0.2) is 0 Å². The monoisotopic (exact) mass is 357 g/mol. The first kappa shape index (κ1) is 19.4. The Morgan fingerprint density at radius 3 is 2.15 bits per heavy atom. The van der Waals surface area contributed by atoms with Crippen molar-refractivity contribution in [2.24, 2.45) is 5.92 Å². The summed E-state index contributed by atoms with van der Waals surface area (Å²) in [4.78, 5) is 19.5. The molecule has 0 aromatic heterocycles. The predicted octanol–water partition coefficient (Wildman–Crippen LogP) is 3.19. The van der Waals surface area contributed by atoms with Crippen LogP contribution in [0.25, 0.3) is 0 Å². The Bertz CT molecular complexity index is 568. The van der Waals surface area contributed by atoms with Crippen molar-refractivity contribution in [3.8, 4) is 0 Å². The minimum Gasteiger partial charge on any atom is -0.339 e. The van der Waals surface area contributed by atoms with Crippen molar-refractivity contribution in [3.05, 3.63) is 35.4 Å². The summed E-state index contributed by atoms with van der Waals surface area (Å²) in [5.74, 6) is 1.72. The second-order valence-corrected chi connectivity index (χ2v) is 8.51. The van der Waals surface area contributed by atoms with Gasteiger partial charge in [0.1, 0.15) is 0 Å². The first-order valence-corrected chi connectivity index (χ1v) is 10.3. The molecule has 2 fully saturated rings. The van der Waals surface area contributed by atoms with Crippen LogP contribution in [0.2, 0.25) is 0 Å². The highest BCUT2D eigenvalue weighted by molar-refractivity contribution is 5.78.